The van der Waals surface area contributed by atoms with Crippen LogP contribution in [0, 0.1) is 0 Å². The number of hydrogen-bond acceptors (Lipinski definition) is 1. The fourth-order valence-corrected chi connectivity index (χ4v) is 1.15. The fourth-order valence-electron chi connectivity index (χ4n) is 1.15. The third-order valence-electron chi connectivity index (χ3n) is 1.76. The number of benzene rings is 1. The second-order valence-corrected chi connectivity index (χ2v) is 2.76. The minimum atomic E-state index is 0.869. The molecule has 2 rings (SSSR count). The van der Waals surface area contributed by atoms with Crippen molar-refractivity contribution in [2.24, 2.45) is 0 Å². The standard InChI is InChI=1S/C12H10O/c1-2-6-11(7-3-1)10-12-8-4-5-9-13-12/h1-10H. The van der Waals surface area contributed by atoms with Crippen LogP contribution < -0.4 is 0 Å². The lowest BCUT2D eigenvalue weighted by atomic mass is 10.2. The van der Waals surface area contributed by atoms with E-state index in [1.54, 1.807) is 6.26 Å². The van der Waals surface area contributed by atoms with Crippen molar-refractivity contribution < 1.29 is 4.74 Å². The molecule has 0 N–H and O–H groups in total. The van der Waals surface area contributed by atoms with E-state index in [1.165, 1.54) is 0 Å². The van der Waals surface area contributed by atoms with Crippen molar-refractivity contribution in [3.05, 3.63) is 66.1 Å². The van der Waals surface area contributed by atoms with Crippen LogP contribution in [0.4, 0.5) is 0 Å². The molecule has 1 heterocycles. The van der Waals surface area contributed by atoms with E-state index in [-0.39, 0.29) is 0 Å². The van der Waals surface area contributed by atoms with Crippen LogP contribution in [-0.4, -0.2) is 0 Å². The van der Waals surface area contributed by atoms with Crippen molar-refractivity contribution in [1.82, 2.24) is 0 Å². The lowest BCUT2D eigenvalue weighted by Gasteiger charge is -2.03. The van der Waals surface area contributed by atoms with Crippen LogP contribution in [0.3, 0.4) is 0 Å². The van der Waals surface area contributed by atoms with Crippen LogP contribution in [-0.2, 0) is 4.74 Å². The van der Waals surface area contributed by atoms with E-state index in [1.807, 2.05) is 54.6 Å². The van der Waals surface area contributed by atoms with Gasteiger partial charge in [-0.05, 0) is 23.8 Å². The van der Waals surface area contributed by atoms with Crippen molar-refractivity contribution in [1.29, 1.82) is 0 Å². The smallest absolute Gasteiger partial charge is 0.127 e. The normalized spacial score (nSPS) is 17.4. The van der Waals surface area contributed by atoms with Gasteiger partial charge in [-0.1, -0.05) is 36.4 Å². The molecule has 1 aliphatic rings. The van der Waals surface area contributed by atoms with Gasteiger partial charge >= 0.3 is 0 Å². The van der Waals surface area contributed by atoms with E-state index in [9.17, 15) is 0 Å². The molecule has 0 saturated heterocycles. The molecular weight excluding hydrogens is 160 g/mol. The third kappa shape index (κ3) is 2.09. The van der Waals surface area contributed by atoms with Gasteiger partial charge in [-0.15, -0.1) is 0 Å². The largest absolute Gasteiger partial charge is 0.465 e. The van der Waals surface area contributed by atoms with Crippen molar-refractivity contribution in [2.75, 3.05) is 0 Å². The maximum Gasteiger partial charge on any atom is 0.127 e. The number of rotatable bonds is 1. The van der Waals surface area contributed by atoms with E-state index in [4.69, 9.17) is 4.74 Å². The van der Waals surface area contributed by atoms with Gasteiger partial charge in [0.05, 0.1) is 6.26 Å². The first-order valence-corrected chi connectivity index (χ1v) is 4.22. The number of ether oxygens (including phenoxy) is 1. The Morgan fingerprint density at radius 2 is 1.85 bits per heavy atom. The molecule has 1 heteroatoms. The molecule has 0 saturated carbocycles. The molecule has 0 fully saturated rings. The second-order valence-electron chi connectivity index (χ2n) is 2.76. The third-order valence-corrected chi connectivity index (χ3v) is 1.76. The summed E-state index contributed by atoms with van der Waals surface area (Å²) in [6.07, 6.45) is 9.43. The van der Waals surface area contributed by atoms with E-state index in [0.29, 0.717) is 0 Å². The topological polar surface area (TPSA) is 9.23 Å². The van der Waals surface area contributed by atoms with Gasteiger partial charge in [0.25, 0.3) is 0 Å². The zero-order chi connectivity index (χ0) is 8.93. The first-order valence-electron chi connectivity index (χ1n) is 4.22. The van der Waals surface area contributed by atoms with Gasteiger partial charge < -0.3 is 4.74 Å². The Hall–Kier alpha value is -1.76. The first kappa shape index (κ1) is 7.87. The van der Waals surface area contributed by atoms with Gasteiger partial charge in [0.1, 0.15) is 5.76 Å². The molecule has 64 valence electrons. The molecule has 1 nitrogen and oxygen atoms in total. The summed E-state index contributed by atoms with van der Waals surface area (Å²) in [6, 6.07) is 10.1. The predicted molar refractivity (Wildman–Crippen MR) is 53.8 cm³/mol. The van der Waals surface area contributed by atoms with Crippen LogP contribution in [0.15, 0.2) is 60.6 Å². The zero-order valence-corrected chi connectivity index (χ0v) is 7.18. The van der Waals surface area contributed by atoms with Crippen molar-refractivity contribution >= 4 is 6.08 Å². The summed E-state index contributed by atoms with van der Waals surface area (Å²) < 4.78 is 5.28. The number of allylic oxidation sites excluding steroid dienone is 3. The molecule has 13 heavy (non-hydrogen) atoms. The Kier molecular flexibility index (Phi) is 2.28. The van der Waals surface area contributed by atoms with Crippen molar-refractivity contribution in [3.63, 3.8) is 0 Å². The highest BCUT2D eigenvalue weighted by Gasteiger charge is 1.94. The molecule has 0 amide bonds. The molecule has 0 aliphatic carbocycles. The molecule has 1 aromatic carbocycles. The van der Waals surface area contributed by atoms with Crippen LogP contribution in [0.25, 0.3) is 6.08 Å². The van der Waals surface area contributed by atoms with Crippen LogP contribution in [0.2, 0.25) is 0 Å². The summed E-state index contributed by atoms with van der Waals surface area (Å²) in [5.74, 6) is 0.869. The average Bonchev–Trinajstić information content (AvgIpc) is 2.21. The van der Waals surface area contributed by atoms with Crippen LogP contribution in [0.1, 0.15) is 5.56 Å². The summed E-state index contributed by atoms with van der Waals surface area (Å²) >= 11 is 0. The molecule has 1 aliphatic heterocycles. The highest BCUT2D eigenvalue weighted by molar-refractivity contribution is 5.54. The van der Waals surface area contributed by atoms with Crippen molar-refractivity contribution in [3.8, 4) is 0 Å². The lowest BCUT2D eigenvalue weighted by molar-refractivity contribution is 0.369. The van der Waals surface area contributed by atoms with E-state index >= 15 is 0 Å². The Bertz CT molecular complexity index is 358. The van der Waals surface area contributed by atoms with Gasteiger partial charge in [0.15, 0.2) is 0 Å². The molecule has 0 atom stereocenters. The van der Waals surface area contributed by atoms with Gasteiger partial charge in [-0.25, -0.2) is 0 Å². The summed E-state index contributed by atoms with van der Waals surface area (Å²) in [5, 5.41) is 0. The first-order chi connectivity index (χ1) is 6.45. The molecule has 0 bridgehead atoms. The highest BCUT2D eigenvalue weighted by atomic mass is 16.5. The summed E-state index contributed by atoms with van der Waals surface area (Å²) in [4.78, 5) is 0. The zero-order valence-electron chi connectivity index (χ0n) is 7.18. The lowest BCUT2D eigenvalue weighted by Crippen LogP contribution is -1.84. The van der Waals surface area contributed by atoms with Crippen molar-refractivity contribution in [2.45, 2.75) is 0 Å². The Morgan fingerprint density at radius 1 is 1.00 bits per heavy atom. The minimum absolute atomic E-state index is 0.869. The van der Waals surface area contributed by atoms with Crippen LogP contribution >= 0.6 is 0 Å². The maximum absolute atomic E-state index is 5.28. The minimum Gasteiger partial charge on any atom is -0.465 e. The molecule has 0 spiro atoms. The van der Waals surface area contributed by atoms with Gasteiger partial charge in [-0.3, -0.25) is 0 Å². The quantitative estimate of drug-likeness (QED) is 0.629. The highest BCUT2D eigenvalue weighted by Crippen LogP contribution is 2.11. The predicted octanol–water partition coefficient (Wildman–Crippen LogP) is 3.13. The van der Waals surface area contributed by atoms with E-state index < -0.39 is 0 Å². The molecule has 0 aromatic heterocycles. The summed E-state index contributed by atoms with van der Waals surface area (Å²) in [6.45, 7) is 0. The monoisotopic (exact) mass is 170 g/mol. The Morgan fingerprint density at radius 3 is 2.54 bits per heavy atom. The SMILES string of the molecule is C1=COC(=Cc2ccccc2)C=C1. The molecular formula is C12H10O. The van der Waals surface area contributed by atoms with Gasteiger partial charge in [0, 0.05) is 0 Å². The summed E-state index contributed by atoms with van der Waals surface area (Å²) in [7, 11) is 0. The second kappa shape index (κ2) is 3.76. The molecule has 0 unspecified atom stereocenters. The molecule has 0 radical (unpaired) electrons. The van der Waals surface area contributed by atoms with E-state index in [0.717, 1.165) is 11.3 Å². The van der Waals surface area contributed by atoms with Gasteiger partial charge in [-0.2, -0.15) is 0 Å². The average molecular weight is 170 g/mol. The fraction of sp³-hybridized carbons (Fsp3) is 0. The Balaban J connectivity index is 2.21. The molecule has 1 aromatic rings. The van der Waals surface area contributed by atoms with Gasteiger partial charge in [0.2, 0.25) is 0 Å². The maximum atomic E-state index is 5.28. The Labute approximate surface area is 77.7 Å². The number of hydrogen-bond donors (Lipinski definition) is 0. The van der Waals surface area contributed by atoms with Crippen LogP contribution in [0.5, 0.6) is 0 Å². The summed E-state index contributed by atoms with van der Waals surface area (Å²) in [5.41, 5.74) is 1.15. The van der Waals surface area contributed by atoms with E-state index in [2.05, 4.69) is 0 Å².